The van der Waals surface area contributed by atoms with Gasteiger partial charge in [0.1, 0.15) is 5.75 Å². The number of rotatable bonds is 7. The summed E-state index contributed by atoms with van der Waals surface area (Å²) < 4.78 is 35.0. The third kappa shape index (κ3) is 3.95. The Balaban J connectivity index is 2.29. The van der Waals surface area contributed by atoms with Gasteiger partial charge in [0, 0.05) is 6.61 Å². The van der Waals surface area contributed by atoms with E-state index < -0.39 is 20.5 Å². The van der Waals surface area contributed by atoms with Gasteiger partial charge in [-0.3, -0.25) is 10.0 Å². The van der Waals surface area contributed by atoms with Gasteiger partial charge >= 0.3 is 0 Å². The van der Waals surface area contributed by atoms with Crippen LogP contribution in [0.1, 0.15) is 19.8 Å². The summed E-state index contributed by atoms with van der Waals surface area (Å²) in [6.45, 7) is 3.32. The molecule has 1 aromatic rings. The molecule has 0 aliphatic carbocycles. The summed E-state index contributed by atoms with van der Waals surface area (Å²) in [5, 5.41) is 9.08. The van der Waals surface area contributed by atoms with Crippen molar-refractivity contribution in [1.29, 1.82) is 0 Å². The number of carbonyl (C=O) groups is 1. The first-order valence-corrected chi connectivity index (χ1v) is 9.54. The number of piperidine rings is 1. The molecule has 2 N–H and O–H groups in total. The Kier molecular flexibility index (Phi) is 6.39. The molecule has 1 aliphatic heterocycles. The van der Waals surface area contributed by atoms with Crippen molar-refractivity contribution in [3.63, 3.8) is 0 Å². The average molecular weight is 372 g/mol. The fraction of sp³-hybridized carbons (Fsp3) is 0.562. The molecule has 25 heavy (non-hydrogen) atoms. The summed E-state index contributed by atoms with van der Waals surface area (Å²) in [4.78, 5) is 14.2. The zero-order valence-corrected chi connectivity index (χ0v) is 15.2. The summed E-state index contributed by atoms with van der Waals surface area (Å²) in [5.74, 6) is -0.422. The second-order valence-corrected chi connectivity index (χ2v) is 8.23. The maximum absolute atomic E-state index is 13.1. The van der Waals surface area contributed by atoms with Crippen LogP contribution in [0.4, 0.5) is 0 Å². The highest BCUT2D eigenvalue weighted by atomic mass is 32.2. The number of likely N-dealkylation sites (tertiary alicyclic amines) is 1. The minimum absolute atomic E-state index is 0.0180. The van der Waals surface area contributed by atoms with E-state index in [1.807, 2.05) is 18.9 Å². The quantitative estimate of drug-likeness (QED) is 0.316. The standard InChI is InChI=1S/C16H24N2O6S/c1-3-23-12-24-13-4-6-14(7-5-13)25(21,22)16(15(19)17-20)8-10-18(2)11-9-16/h4-7,20H,3,8-12H2,1-2H3,(H,17,19). The Bertz CT molecular complexity index is 681. The Morgan fingerprint density at radius 2 is 1.88 bits per heavy atom. The van der Waals surface area contributed by atoms with E-state index in [2.05, 4.69) is 0 Å². The molecule has 8 nitrogen and oxygen atoms in total. The zero-order valence-electron chi connectivity index (χ0n) is 14.4. The van der Waals surface area contributed by atoms with Gasteiger partial charge in [0.25, 0.3) is 5.91 Å². The minimum Gasteiger partial charge on any atom is -0.468 e. The van der Waals surface area contributed by atoms with Crippen LogP contribution >= 0.6 is 0 Å². The summed E-state index contributed by atoms with van der Waals surface area (Å²) in [5.41, 5.74) is 1.53. The van der Waals surface area contributed by atoms with Gasteiger partial charge in [-0.1, -0.05) is 0 Å². The van der Waals surface area contributed by atoms with E-state index in [9.17, 15) is 13.2 Å². The number of nitrogens with one attached hydrogen (secondary N) is 1. The smallest absolute Gasteiger partial charge is 0.265 e. The first kappa shape index (κ1) is 19.6. The van der Waals surface area contributed by atoms with Crippen LogP contribution in [0.25, 0.3) is 0 Å². The number of hydrogen-bond donors (Lipinski definition) is 2. The molecule has 2 rings (SSSR count). The monoisotopic (exact) mass is 372 g/mol. The van der Waals surface area contributed by atoms with E-state index in [4.69, 9.17) is 14.7 Å². The molecule has 1 fully saturated rings. The fourth-order valence-corrected chi connectivity index (χ4v) is 4.79. The highest BCUT2D eigenvalue weighted by Gasteiger charge is 2.52. The predicted molar refractivity (Wildman–Crippen MR) is 90.1 cm³/mol. The molecule has 0 unspecified atom stereocenters. The number of hydroxylamine groups is 1. The van der Waals surface area contributed by atoms with Crippen molar-refractivity contribution in [1.82, 2.24) is 10.4 Å². The summed E-state index contributed by atoms with van der Waals surface area (Å²) >= 11 is 0. The average Bonchev–Trinajstić information content (AvgIpc) is 2.62. The van der Waals surface area contributed by atoms with E-state index >= 15 is 0 Å². The molecule has 0 spiro atoms. The molecule has 0 radical (unpaired) electrons. The fourth-order valence-electron chi connectivity index (χ4n) is 2.83. The largest absolute Gasteiger partial charge is 0.468 e. The number of amides is 1. The van der Waals surface area contributed by atoms with Gasteiger partial charge in [0.15, 0.2) is 21.4 Å². The van der Waals surface area contributed by atoms with Gasteiger partial charge < -0.3 is 14.4 Å². The molecule has 1 saturated heterocycles. The van der Waals surface area contributed by atoms with Crippen molar-refractivity contribution in [2.24, 2.45) is 0 Å². The molecule has 0 atom stereocenters. The summed E-state index contributed by atoms with van der Waals surface area (Å²) in [6, 6.07) is 5.85. The molecule has 1 amide bonds. The van der Waals surface area contributed by atoms with Crippen molar-refractivity contribution in [2.75, 3.05) is 33.5 Å². The van der Waals surface area contributed by atoms with Gasteiger partial charge in [-0.15, -0.1) is 0 Å². The molecular formula is C16H24N2O6S. The van der Waals surface area contributed by atoms with Gasteiger partial charge in [0.05, 0.1) is 4.90 Å². The van der Waals surface area contributed by atoms with Crippen LogP contribution in [0.5, 0.6) is 5.75 Å². The molecule has 1 heterocycles. The first-order chi connectivity index (χ1) is 11.9. The van der Waals surface area contributed by atoms with Crippen LogP contribution in [-0.2, 0) is 19.4 Å². The lowest BCUT2D eigenvalue weighted by atomic mass is 9.95. The second kappa shape index (κ2) is 8.13. The van der Waals surface area contributed by atoms with E-state index in [1.54, 1.807) is 0 Å². The highest BCUT2D eigenvalue weighted by molar-refractivity contribution is 7.93. The molecule has 9 heteroatoms. The predicted octanol–water partition coefficient (Wildman–Crippen LogP) is 0.803. The third-order valence-electron chi connectivity index (χ3n) is 4.47. The van der Waals surface area contributed by atoms with Gasteiger partial charge in [-0.2, -0.15) is 0 Å². The summed E-state index contributed by atoms with van der Waals surface area (Å²) in [7, 11) is -2.13. The number of nitrogens with zero attached hydrogens (tertiary/aromatic N) is 1. The Morgan fingerprint density at radius 3 is 2.40 bits per heavy atom. The van der Waals surface area contributed by atoms with Gasteiger partial charge in [-0.05, 0) is 64.2 Å². The minimum atomic E-state index is -3.99. The van der Waals surface area contributed by atoms with E-state index in [-0.39, 0.29) is 24.5 Å². The Morgan fingerprint density at radius 1 is 1.28 bits per heavy atom. The molecule has 0 aromatic heterocycles. The van der Waals surface area contributed by atoms with Crippen LogP contribution in [0.2, 0.25) is 0 Å². The van der Waals surface area contributed by atoms with E-state index in [1.165, 1.54) is 29.7 Å². The van der Waals surface area contributed by atoms with Crippen molar-refractivity contribution < 1.29 is 27.9 Å². The molecular weight excluding hydrogens is 348 g/mol. The van der Waals surface area contributed by atoms with Crippen molar-refractivity contribution in [2.45, 2.75) is 29.4 Å². The third-order valence-corrected chi connectivity index (χ3v) is 6.99. The van der Waals surface area contributed by atoms with Crippen molar-refractivity contribution in [3.05, 3.63) is 24.3 Å². The van der Waals surface area contributed by atoms with Crippen LogP contribution in [0, 0.1) is 0 Å². The first-order valence-electron chi connectivity index (χ1n) is 8.05. The van der Waals surface area contributed by atoms with E-state index in [0.29, 0.717) is 25.4 Å². The summed E-state index contributed by atoms with van der Waals surface area (Å²) in [6.07, 6.45) is 0.224. The van der Waals surface area contributed by atoms with Crippen molar-refractivity contribution in [3.8, 4) is 5.75 Å². The van der Waals surface area contributed by atoms with Gasteiger partial charge in [0.2, 0.25) is 0 Å². The lowest BCUT2D eigenvalue weighted by Crippen LogP contribution is -2.57. The SMILES string of the molecule is CCOCOc1ccc(S(=O)(=O)C2(C(=O)NO)CCN(C)CC2)cc1. The lowest BCUT2D eigenvalue weighted by molar-refractivity contribution is -0.133. The molecule has 140 valence electrons. The number of ether oxygens (including phenoxy) is 2. The van der Waals surface area contributed by atoms with E-state index in [0.717, 1.165) is 0 Å². The maximum Gasteiger partial charge on any atom is 0.265 e. The maximum atomic E-state index is 13.1. The van der Waals surface area contributed by atoms with Crippen molar-refractivity contribution >= 4 is 15.7 Å². The molecule has 0 saturated carbocycles. The number of sulfone groups is 1. The number of benzene rings is 1. The second-order valence-electron chi connectivity index (χ2n) is 5.97. The number of carbonyl (C=O) groups excluding carboxylic acids is 1. The normalized spacial score (nSPS) is 17.9. The molecule has 0 bridgehead atoms. The van der Waals surface area contributed by atoms with Crippen LogP contribution in [-0.4, -0.2) is 62.7 Å². The van der Waals surface area contributed by atoms with Crippen LogP contribution in [0.15, 0.2) is 29.2 Å². The lowest BCUT2D eigenvalue weighted by Gasteiger charge is -2.38. The number of hydrogen-bond acceptors (Lipinski definition) is 7. The van der Waals surface area contributed by atoms with Crippen LogP contribution < -0.4 is 10.2 Å². The Hall–Kier alpha value is -1.68. The Labute approximate surface area is 147 Å². The van der Waals surface area contributed by atoms with Gasteiger partial charge in [-0.25, -0.2) is 13.9 Å². The zero-order chi connectivity index (χ0) is 18.5. The topological polar surface area (TPSA) is 105 Å². The van der Waals surface area contributed by atoms with Crippen LogP contribution in [0.3, 0.4) is 0 Å². The molecule has 1 aliphatic rings. The molecule has 1 aromatic carbocycles. The highest BCUT2D eigenvalue weighted by Crippen LogP contribution is 2.36.